The van der Waals surface area contributed by atoms with Gasteiger partial charge < -0.3 is 15.5 Å². The first-order valence-electron chi connectivity index (χ1n) is 7.95. The summed E-state index contributed by atoms with van der Waals surface area (Å²) in [5.41, 5.74) is 0. The number of aliphatic hydroxyl groups is 1. The van der Waals surface area contributed by atoms with Crippen LogP contribution in [0.25, 0.3) is 0 Å². The van der Waals surface area contributed by atoms with E-state index in [1.54, 1.807) is 0 Å². The summed E-state index contributed by atoms with van der Waals surface area (Å²) in [6, 6.07) is 0.375. The molecule has 1 saturated heterocycles. The molecule has 0 aromatic rings. The molecule has 116 valence electrons. The first kappa shape index (κ1) is 15.7. The summed E-state index contributed by atoms with van der Waals surface area (Å²) in [7, 11) is 0. The quantitative estimate of drug-likeness (QED) is 0.648. The van der Waals surface area contributed by atoms with Crippen LogP contribution in [0, 0.1) is 11.8 Å². The summed E-state index contributed by atoms with van der Waals surface area (Å²) in [4.78, 5) is 13.1. The molecule has 0 aromatic heterocycles. The fourth-order valence-electron chi connectivity index (χ4n) is 3.72. The van der Waals surface area contributed by atoms with Crippen LogP contribution in [0.2, 0.25) is 0 Å². The predicted octanol–water partition coefficient (Wildman–Crippen LogP) is 0.924. The number of nitrogens with one attached hydrogen (secondary N) is 1. The molecule has 3 N–H and O–H groups in total. The van der Waals surface area contributed by atoms with Crippen molar-refractivity contribution in [3.05, 3.63) is 0 Å². The molecule has 0 amide bonds. The highest BCUT2D eigenvalue weighted by Gasteiger charge is 2.28. The zero-order valence-corrected chi connectivity index (χ0v) is 12.3. The molecule has 5 nitrogen and oxygen atoms in total. The zero-order chi connectivity index (χ0) is 14.4. The van der Waals surface area contributed by atoms with Gasteiger partial charge >= 0.3 is 5.97 Å². The minimum Gasteiger partial charge on any atom is -0.481 e. The third-order valence-corrected chi connectivity index (χ3v) is 4.66. The van der Waals surface area contributed by atoms with Gasteiger partial charge in [-0.1, -0.05) is 12.8 Å². The topological polar surface area (TPSA) is 72.8 Å². The number of hydrogen-bond acceptors (Lipinski definition) is 4. The number of β-amino-alcohol motifs (C(OH)–C–C–N with tert-alkyl or cyclic N) is 1. The van der Waals surface area contributed by atoms with E-state index >= 15 is 0 Å². The van der Waals surface area contributed by atoms with Gasteiger partial charge in [-0.3, -0.25) is 9.69 Å². The summed E-state index contributed by atoms with van der Waals surface area (Å²) < 4.78 is 0. The number of aliphatic carboxylic acids is 1. The minimum absolute atomic E-state index is 0.148. The van der Waals surface area contributed by atoms with E-state index in [1.807, 2.05) is 0 Å². The molecule has 1 aliphatic heterocycles. The molecule has 0 radical (unpaired) electrons. The van der Waals surface area contributed by atoms with Gasteiger partial charge in [-0.25, -0.2) is 0 Å². The third-order valence-electron chi connectivity index (χ3n) is 4.66. The molecular weight excluding hydrogens is 256 g/mol. The van der Waals surface area contributed by atoms with Crippen molar-refractivity contribution in [2.24, 2.45) is 11.8 Å². The van der Waals surface area contributed by atoms with Crippen LogP contribution in [-0.4, -0.2) is 59.9 Å². The lowest BCUT2D eigenvalue weighted by atomic mass is 9.91. The van der Waals surface area contributed by atoms with Crippen molar-refractivity contribution in [2.45, 2.75) is 44.6 Å². The lowest BCUT2D eigenvalue weighted by Gasteiger charge is -2.38. The van der Waals surface area contributed by atoms with Crippen LogP contribution >= 0.6 is 0 Å². The highest BCUT2D eigenvalue weighted by Crippen LogP contribution is 2.25. The highest BCUT2D eigenvalue weighted by atomic mass is 16.4. The summed E-state index contributed by atoms with van der Waals surface area (Å²) in [5.74, 6) is 0.297. The van der Waals surface area contributed by atoms with Gasteiger partial charge in [0.05, 0.1) is 6.61 Å². The average molecular weight is 284 g/mol. The molecule has 0 spiro atoms. The molecule has 1 heterocycles. The van der Waals surface area contributed by atoms with Crippen LogP contribution in [0.4, 0.5) is 0 Å². The van der Waals surface area contributed by atoms with Crippen molar-refractivity contribution in [1.29, 1.82) is 0 Å². The van der Waals surface area contributed by atoms with Crippen LogP contribution in [-0.2, 0) is 4.79 Å². The van der Waals surface area contributed by atoms with Crippen molar-refractivity contribution < 1.29 is 15.0 Å². The standard InChI is InChI=1S/C15H28N2O3/c18-6-5-17-10-13(8-15(19)20)7-14(11-17)16-9-12-3-1-2-4-12/h12-14,16,18H,1-11H2,(H,19,20). The average Bonchev–Trinajstić information content (AvgIpc) is 2.89. The van der Waals surface area contributed by atoms with Crippen molar-refractivity contribution in [3.63, 3.8) is 0 Å². The maximum absolute atomic E-state index is 10.9. The van der Waals surface area contributed by atoms with Gasteiger partial charge in [-0.05, 0) is 37.6 Å². The molecule has 2 atom stereocenters. The zero-order valence-electron chi connectivity index (χ0n) is 12.3. The summed E-state index contributed by atoms with van der Waals surface area (Å²) in [6.45, 7) is 3.60. The molecular formula is C15H28N2O3. The molecule has 2 fully saturated rings. The number of aliphatic hydroxyl groups excluding tert-OH is 1. The second-order valence-electron chi connectivity index (χ2n) is 6.44. The predicted molar refractivity (Wildman–Crippen MR) is 77.6 cm³/mol. The van der Waals surface area contributed by atoms with E-state index in [-0.39, 0.29) is 18.9 Å². The molecule has 2 rings (SSSR count). The van der Waals surface area contributed by atoms with E-state index in [4.69, 9.17) is 10.2 Å². The molecule has 0 aromatic carbocycles. The van der Waals surface area contributed by atoms with Crippen LogP contribution < -0.4 is 5.32 Å². The van der Waals surface area contributed by atoms with Gasteiger partial charge in [-0.15, -0.1) is 0 Å². The molecule has 1 aliphatic carbocycles. The number of rotatable bonds is 7. The Hall–Kier alpha value is -0.650. The summed E-state index contributed by atoms with van der Waals surface area (Å²) >= 11 is 0. The van der Waals surface area contributed by atoms with Crippen LogP contribution in [0.5, 0.6) is 0 Å². The molecule has 20 heavy (non-hydrogen) atoms. The van der Waals surface area contributed by atoms with Crippen LogP contribution in [0.1, 0.15) is 38.5 Å². The first-order valence-corrected chi connectivity index (χ1v) is 7.95. The number of carbonyl (C=O) groups is 1. The maximum atomic E-state index is 10.9. The number of carboxylic acids is 1. The Morgan fingerprint density at radius 1 is 1.20 bits per heavy atom. The van der Waals surface area contributed by atoms with E-state index < -0.39 is 5.97 Å². The number of carboxylic acid groups (broad SMARTS) is 1. The minimum atomic E-state index is -0.713. The van der Waals surface area contributed by atoms with E-state index in [9.17, 15) is 4.79 Å². The maximum Gasteiger partial charge on any atom is 0.303 e. The monoisotopic (exact) mass is 284 g/mol. The lowest BCUT2D eigenvalue weighted by molar-refractivity contribution is -0.138. The van der Waals surface area contributed by atoms with Gasteiger partial charge in [0.15, 0.2) is 0 Å². The molecule has 2 aliphatic rings. The summed E-state index contributed by atoms with van der Waals surface area (Å²) in [6.07, 6.45) is 6.56. The van der Waals surface area contributed by atoms with Gasteiger partial charge in [0.1, 0.15) is 0 Å². The smallest absolute Gasteiger partial charge is 0.303 e. The largest absolute Gasteiger partial charge is 0.481 e. The Kier molecular flexibility index (Phi) is 6.26. The van der Waals surface area contributed by atoms with E-state index in [2.05, 4.69) is 10.2 Å². The van der Waals surface area contributed by atoms with Crippen molar-refractivity contribution >= 4 is 5.97 Å². The summed E-state index contributed by atoms with van der Waals surface area (Å²) in [5, 5.41) is 21.7. The van der Waals surface area contributed by atoms with Crippen molar-refractivity contribution in [2.75, 3.05) is 32.8 Å². The second kappa shape index (κ2) is 7.96. The molecule has 5 heteroatoms. The van der Waals surface area contributed by atoms with Crippen molar-refractivity contribution in [3.8, 4) is 0 Å². The van der Waals surface area contributed by atoms with Gasteiger partial charge in [0.25, 0.3) is 0 Å². The third kappa shape index (κ3) is 5.04. The molecule has 2 unspecified atom stereocenters. The van der Waals surface area contributed by atoms with E-state index in [0.717, 1.165) is 32.0 Å². The number of hydrogen-bond donors (Lipinski definition) is 3. The fourth-order valence-corrected chi connectivity index (χ4v) is 3.72. The highest BCUT2D eigenvalue weighted by molar-refractivity contribution is 5.67. The first-order chi connectivity index (χ1) is 9.67. The number of nitrogens with zero attached hydrogens (tertiary/aromatic N) is 1. The van der Waals surface area contributed by atoms with Crippen molar-refractivity contribution in [1.82, 2.24) is 10.2 Å². The Labute approximate surface area is 121 Å². The van der Waals surface area contributed by atoms with Crippen LogP contribution in [0.15, 0.2) is 0 Å². The van der Waals surface area contributed by atoms with Crippen LogP contribution in [0.3, 0.4) is 0 Å². The number of piperidine rings is 1. The Morgan fingerprint density at radius 2 is 1.95 bits per heavy atom. The lowest BCUT2D eigenvalue weighted by Crippen LogP contribution is -2.51. The Bertz CT molecular complexity index is 305. The molecule has 0 bridgehead atoms. The Balaban J connectivity index is 1.80. The molecule has 1 saturated carbocycles. The van der Waals surface area contributed by atoms with Gasteiger partial charge in [0, 0.05) is 32.1 Å². The SMILES string of the molecule is O=C(O)CC1CC(NCC2CCCC2)CN(CCO)C1. The van der Waals surface area contributed by atoms with E-state index in [0.29, 0.717) is 12.6 Å². The number of likely N-dealkylation sites (tertiary alicyclic amines) is 1. The van der Waals surface area contributed by atoms with E-state index in [1.165, 1.54) is 25.7 Å². The normalized spacial score (nSPS) is 28.9. The fraction of sp³-hybridized carbons (Fsp3) is 0.933. The van der Waals surface area contributed by atoms with Gasteiger partial charge in [-0.2, -0.15) is 0 Å². The Morgan fingerprint density at radius 3 is 2.60 bits per heavy atom. The van der Waals surface area contributed by atoms with Gasteiger partial charge in [0.2, 0.25) is 0 Å². The second-order valence-corrected chi connectivity index (χ2v) is 6.44.